The molecule has 1 aromatic rings. The van der Waals surface area contributed by atoms with Crippen molar-refractivity contribution in [1.29, 1.82) is 0 Å². The average molecular weight is 631 g/mol. The Morgan fingerprint density at radius 1 is 0.977 bits per heavy atom. The number of rotatable bonds is 17. The summed E-state index contributed by atoms with van der Waals surface area (Å²) in [5.41, 5.74) is -1.62. The zero-order valence-electron chi connectivity index (χ0n) is 25.4. The molecule has 1 fully saturated rings. The van der Waals surface area contributed by atoms with Crippen LogP contribution in [0.2, 0.25) is 0 Å². The maximum absolute atomic E-state index is 13.6. The first kappa shape index (κ1) is 37.0. The molecule has 44 heavy (non-hydrogen) atoms. The van der Waals surface area contributed by atoms with Crippen LogP contribution in [0.1, 0.15) is 46.7 Å². The van der Waals surface area contributed by atoms with Gasteiger partial charge in [0.15, 0.2) is 11.8 Å². The third-order valence-corrected chi connectivity index (χ3v) is 7.30. The van der Waals surface area contributed by atoms with Crippen LogP contribution in [0.25, 0.3) is 0 Å². The fraction of sp³-hybridized carbons (Fsp3) is 0.741. The van der Waals surface area contributed by atoms with Crippen LogP contribution in [0.4, 0.5) is 0 Å². The van der Waals surface area contributed by atoms with Crippen molar-refractivity contribution in [3.8, 4) is 0 Å². The van der Waals surface area contributed by atoms with E-state index >= 15 is 0 Å². The number of carboxylic acids is 1. The van der Waals surface area contributed by atoms with E-state index in [1.165, 1.54) is 19.4 Å². The summed E-state index contributed by atoms with van der Waals surface area (Å²) >= 11 is 0. The molecule has 0 aliphatic carbocycles. The van der Waals surface area contributed by atoms with Gasteiger partial charge in [-0.3, -0.25) is 19.7 Å². The summed E-state index contributed by atoms with van der Waals surface area (Å²) in [6, 6.07) is -5.36. The highest BCUT2D eigenvalue weighted by Gasteiger charge is 2.55. The van der Waals surface area contributed by atoms with Gasteiger partial charge in [-0.2, -0.15) is 0 Å². The van der Waals surface area contributed by atoms with Gasteiger partial charge < -0.3 is 56.3 Å². The third kappa shape index (κ3) is 9.40. The quantitative estimate of drug-likeness (QED) is 0.0793. The van der Waals surface area contributed by atoms with Crippen molar-refractivity contribution in [2.24, 2.45) is 11.8 Å². The highest BCUT2D eigenvalue weighted by atomic mass is 16.6. The number of aliphatic hydroxyl groups excluding tert-OH is 5. The van der Waals surface area contributed by atoms with Gasteiger partial charge in [-0.05, 0) is 25.2 Å². The van der Waals surface area contributed by atoms with Crippen molar-refractivity contribution in [2.45, 2.75) is 102 Å². The van der Waals surface area contributed by atoms with Crippen molar-refractivity contribution in [1.82, 2.24) is 31.2 Å². The molecule has 250 valence electrons. The number of carbonyl (C=O) groups excluding carboxylic acids is 3. The Kier molecular flexibility index (Phi) is 13.6. The molecule has 1 aliphatic rings. The molecule has 1 aromatic heterocycles. The van der Waals surface area contributed by atoms with Gasteiger partial charge in [0.1, 0.15) is 30.4 Å². The highest BCUT2D eigenvalue weighted by Crippen LogP contribution is 2.30. The molecule has 2 rings (SSSR count). The Labute approximate surface area is 254 Å². The first-order chi connectivity index (χ1) is 20.6. The number of aromatic nitrogens is 2. The zero-order chi connectivity index (χ0) is 33.4. The molecule has 0 saturated carbocycles. The summed E-state index contributed by atoms with van der Waals surface area (Å²) in [6.07, 6.45) is -3.08. The molecule has 0 radical (unpaired) electrons. The predicted molar refractivity (Wildman–Crippen MR) is 152 cm³/mol. The normalized spacial score (nSPS) is 25.2. The number of ether oxygens (including phenoxy) is 1. The van der Waals surface area contributed by atoms with E-state index in [1.807, 2.05) is 0 Å². The lowest BCUT2D eigenvalue weighted by molar-refractivity contribution is -0.153. The lowest BCUT2D eigenvalue weighted by Crippen LogP contribution is -2.66. The molecular formula is C27H46N6O11. The van der Waals surface area contributed by atoms with E-state index in [0.29, 0.717) is 5.69 Å². The summed E-state index contributed by atoms with van der Waals surface area (Å²) < 4.78 is 5.53. The maximum atomic E-state index is 13.6. The number of carboxylic acid groups (broad SMARTS) is 1. The SMILES string of the molecule is CC(C)CC(NC(=O)C(Cc1c[nH]cn1)NC(=O)C(NC1(CO)O[C@H](CO)[C@@H](O)[C@@H]1O)C(C)C)C(=O)NC(C(=O)O)C(C)O. The second-order valence-electron chi connectivity index (χ2n) is 11.8. The van der Waals surface area contributed by atoms with Crippen LogP contribution in [0, 0.1) is 11.8 Å². The molecule has 0 aromatic carbocycles. The van der Waals surface area contributed by atoms with Gasteiger partial charge in [0.25, 0.3) is 0 Å². The van der Waals surface area contributed by atoms with Crippen LogP contribution in [-0.4, -0.2) is 132 Å². The molecule has 0 bridgehead atoms. The summed E-state index contributed by atoms with van der Waals surface area (Å²) in [7, 11) is 0. The second-order valence-corrected chi connectivity index (χ2v) is 11.8. The number of amides is 3. The van der Waals surface area contributed by atoms with Gasteiger partial charge in [-0.15, -0.1) is 0 Å². The Morgan fingerprint density at radius 2 is 1.59 bits per heavy atom. The van der Waals surface area contributed by atoms with Crippen molar-refractivity contribution >= 4 is 23.7 Å². The maximum Gasteiger partial charge on any atom is 0.328 e. The fourth-order valence-electron chi connectivity index (χ4n) is 4.83. The minimum Gasteiger partial charge on any atom is -0.480 e. The number of hydrogen-bond acceptors (Lipinski definition) is 12. The van der Waals surface area contributed by atoms with Crippen LogP contribution in [0.5, 0.6) is 0 Å². The van der Waals surface area contributed by atoms with Gasteiger partial charge in [-0.1, -0.05) is 27.7 Å². The molecule has 1 saturated heterocycles. The predicted octanol–water partition coefficient (Wildman–Crippen LogP) is -3.67. The lowest BCUT2D eigenvalue weighted by atomic mass is 9.97. The third-order valence-electron chi connectivity index (χ3n) is 7.30. The Balaban J connectivity index is 2.32. The highest BCUT2D eigenvalue weighted by molar-refractivity contribution is 5.94. The van der Waals surface area contributed by atoms with Gasteiger partial charge in [0.05, 0.1) is 37.4 Å². The van der Waals surface area contributed by atoms with Crippen molar-refractivity contribution in [2.75, 3.05) is 13.2 Å². The number of H-pyrrole nitrogens is 1. The van der Waals surface area contributed by atoms with Crippen molar-refractivity contribution in [3.63, 3.8) is 0 Å². The molecule has 0 spiro atoms. The van der Waals surface area contributed by atoms with Crippen LogP contribution in [0.15, 0.2) is 12.5 Å². The van der Waals surface area contributed by atoms with Crippen LogP contribution < -0.4 is 21.3 Å². The van der Waals surface area contributed by atoms with E-state index in [9.17, 15) is 49.8 Å². The number of nitrogens with one attached hydrogen (secondary N) is 5. The Bertz CT molecular complexity index is 1100. The topological polar surface area (TPSA) is 276 Å². The van der Waals surface area contributed by atoms with E-state index < -0.39 is 97.1 Å². The van der Waals surface area contributed by atoms with Crippen molar-refractivity contribution in [3.05, 3.63) is 18.2 Å². The molecule has 3 amide bonds. The van der Waals surface area contributed by atoms with E-state index in [1.54, 1.807) is 27.7 Å². The second kappa shape index (κ2) is 16.2. The van der Waals surface area contributed by atoms with E-state index in [4.69, 9.17) is 4.74 Å². The summed E-state index contributed by atoms with van der Waals surface area (Å²) in [5.74, 6) is -4.50. The minimum absolute atomic E-state index is 0.103. The molecule has 17 nitrogen and oxygen atoms in total. The number of aliphatic hydroxyl groups is 5. The number of carbonyl (C=O) groups is 4. The summed E-state index contributed by atoms with van der Waals surface area (Å²) in [6.45, 7) is 6.53. The smallest absolute Gasteiger partial charge is 0.328 e. The van der Waals surface area contributed by atoms with Gasteiger partial charge >= 0.3 is 5.97 Å². The van der Waals surface area contributed by atoms with Gasteiger partial charge in [-0.25, -0.2) is 9.78 Å². The number of hydrogen-bond donors (Lipinski definition) is 11. The van der Waals surface area contributed by atoms with Gasteiger partial charge in [0.2, 0.25) is 17.7 Å². The molecule has 6 unspecified atom stereocenters. The summed E-state index contributed by atoms with van der Waals surface area (Å²) in [5, 5.41) is 69.8. The first-order valence-electron chi connectivity index (χ1n) is 14.4. The molecule has 9 atom stereocenters. The van der Waals surface area contributed by atoms with E-state index in [2.05, 4.69) is 31.2 Å². The van der Waals surface area contributed by atoms with E-state index in [-0.39, 0.29) is 18.8 Å². The van der Waals surface area contributed by atoms with Crippen LogP contribution in [-0.2, 0) is 30.3 Å². The molecular weight excluding hydrogens is 584 g/mol. The zero-order valence-corrected chi connectivity index (χ0v) is 25.4. The Hall–Kier alpha value is -3.19. The fourth-order valence-corrected chi connectivity index (χ4v) is 4.83. The number of nitrogens with zero attached hydrogens (tertiary/aromatic N) is 1. The lowest BCUT2D eigenvalue weighted by Gasteiger charge is -2.36. The average Bonchev–Trinajstić information content (AvgIpc) is 3.54. The van der Waals surface area contributed by atoms with Crippen LogP contribution >= 0.6 is 0 Å². The molecule has 2 heterocycles. The molecule has 17 heteroatoms. The summed E-state index contributed by atoms with van der Waals surface area (Å²) in [4.78, 5) is 58.6. The Morgan fingerprint density at radius 3 is 2.05 bits per heavy atom. The number of imidazole rings is 1. The minimum atomic E-state index is -2.01. The first-order valence-corrected chi connectivity index (χ1v) is 14.4. The monoisotopic (exact) mass is 630 g/mol. The molecule has 11 N–H and O–H groups in total. The molecule has 1 aliphatic heterocycles. The van der Waals surface area contributed by atoms with Gasteiger partial charge in [0, 0.05) is 12.6 Å². The van der Waals surface area contributed by atoms with E-state index in [0.717, 1.165) is 0 Å². The standard InChI is InChI=1S/C27H46N6O11/c1-12(2)6-16(24(40)32-20(14(5)36)26(42)43)30-23(39)17(7-15-8-28-11-29-15)31-25(41)19(13(3)4)33-27(10-35)22(38)21(37)18(9-34)44-27/h8,11-14,16-22,33-38H,6-7,9-10H2,1-5H3,(H,28,29)(H,30,39)(H,31,41)(H,32,40)(H,42,43)/t14?,16?,17?,18-,19?,20?,21-,22+,27?/m1/s1. The largest absolute Gasteiger partial charge is 0.480 e. The number of aromatic amines is 1. The van der Waals surface area contributed by atoms with Crippen molar-refractivity contribution < 1.29 is 54.6 Å². The van der Waals surface area contributed by atoms with Crippen LogP contribution in [0.3, 0.4) is 0 Å². The number of aliphatic carboxylic acids is 1.